The molecule has 4 rings (SSSR count). The zero-order chi connectivity index (χ0) is 29.9. The fourth-order valence-corrected chi connectivity index (χ4v) is 6.60. The van der Waals surface area contributed by atoms with Crippen molar-refractivity contribution in [2.24, 2.45) is 23.5 Å². The third-order valence-corrected chi connectivity index (χ3v) is 9.26. The third kappa shape index (κ3) is 8.46. The molecule has 1 aliphatic carbocycles. The first kappa shape index (κ1) is 31.8. The highest BCUT2D eigenvalue weighted by Gasteiger charge is 2.29. The second-order valence-corrected chi connectivity index (χ2v) is 12.0. The van der Waals surface area contributed by atoms with Crippen LogP contribution in [-0.4, -0.2) is 87.0 Å². The number of benzene rings is 1. The van der Waals surface area contributed by atoms with Gasteiger partial charge in [-0.2, -0.15) is 0 Å². The molecule has 1 aromatic rings. The molecular weight excluding hydrogens is 536 g/mol. The Balaban J connectivity index is 1.16. The quantitative estimate of drug-likeness (QED) is 0.290. The molecule has 0 bridgehead atoms. The van der Waals surface area contributed by atoms with Crippen LogP contribution in [0.2, 0.25) is 0 Å². The molecule has 2 saturated heterocycles. The predicted octanol–water partition coefficient (Wildman–Crippen LogP) is 4.25. The monoisotopic (exact) mass is 584 g/mol. The van der Waals surface area contributed by atoms with Crippen LogP contribution in [0.15, 0.2) is 18.2 Å². The number of rotatable bonds is 12. The van der Waals surface area contributed by atoms with E-state index >= 15 is 0 Å². The van der Waals surface area contributed by atoms with Crippen molar-refractivity contribution in [3.8, 4) is 5.75 Å². The maximum atomic E-state index is 13.3. The standard InChI is InChI=1S/C32H48N4O6/c1-41-29-9-8-27(22-28(29)36(32(33)40)15-5-20-37)31(39)35-18-12-25(13-19-35)23-42-21-14-24-10-16-34(17-11-24)30(38)26-6-3-2-4-7-26/h8-9,20,22,24-26H,2-7,10-19,21,23H2,1H3,(H2,33,40). The normalized spacial score (nSPS) is 19.0. The van der Waals surface area contributed by atoms with Crippen molar-refractivity contribution >= 4 is 29.8 Å². The highest BCUT2D eigenvalue weighted by molar-refractivity contribution is 5.98. The summed E-state index contributed by atoms with van der Waals surface area (Å²) in [7, 11) is 1.48. The molecule has 42 heavy (non-hydrogen) atoms. The van der Waals surface area contributed by atoms with E-state index in [4.69, 9.17) is 15.2 Å². The lowest BCUT2D eigenvalue weighted by Crippen LogP contribution is -2.42. The van der Waals surface area contributed by atoms with Gasteiger partial charge in [-0.1, -0.05) is 19.3 Å². The van der Waals surface area contributed by atoms with Gasteiger partial charge in [0.05, 0.1) is 12.8 Å². The first-order chi connectivity index (χ1) is 20.4. The van der Waals surface area contributed by atoms with Crippen molar-refractivity contribution in [1.82, 2.24) is 9.80 Å². The van der Waals surface area contributed by atoms with Crippen molar-refractivity contribution < 1.29 is 28.7 Å². The van der Waals surface area contributed by atoms with Crippen LogP contribution >= 0.6 is 0 Å². The topological polar surface area (TPSA) is 122 Å². The van der Waals surface area contributed by atoms with Gasteiger partial charge in [0.25, 0.3) is 5.91 Å². The molecule has 1 saturated carbocycles. The molecule has 2 heterocycles. The molecule has 3 fully saturated rings. The van der Waals surface area contributed by atoms with Gasteiger partial charge in [0.1, 0.15) is 12.0 Å². The number of piperidine rings is 2. The summed E-state index contributed by atoms with van der Waals surface area (Å²) in [5.74, 6) is 2.00. The summed E-state index contributed by atoms with van der Waals surface area (Å²) in [4.78, 5) is 54.2. The molecule has 0 atom stereocenters. The fraction of sp³-hybridized carbons (Fsp3) is 0.688. The van der Waals surface area contributed by atoms with Gasteiger partial charge < -0.3 is 29.8 Å². The largest absolute Gasteiger partial charge is 0.495 e. The van der Waals surface area contributed by atoms with Crippen LogP contribution in [0.1, 0.15) is 81.0 Å². The van der Waals surface area contributed by atoms with Crippen molar-refractivity contribution in [2.45, 2.75) is 70.6 Å². The van der Waals surface area contributed by atoms with E-state index in [1.807, 2.05) is 4.90 Å². The Bertz CT molecular complexity index is 1060. The number of nitrogens with two attached hydrogens (primary N) is 1. The van der Waals surface area contributed by atoms with Crippen LogP contribution in [0, 0.1) is 17.8 Å². The van der Waals surface area contributed by atoms with E-state index in [0.29, 0.717) is 54.4 Å². The molecular formula is C32H48N4O6. The number of urea groups is 1. The van der Waals surface area contributed by atoms with Crippen LogP contribution in [-0.2, 0) is 14.3 Å². The molecule has 2 N–H and O–H groups in total. The molecule has 2 aliphatic heterocycles. The average molecular weight is 585 g/mol. The van der Waals surface area contributed by atoms with Gasteiger partial charge in [0, 0.05) is 63.8 Å². The highest BCUT2D eigenvalue weighted by atomic mass is 16.5. The Morgan fingerprint density at radius 1 is 0.952 bits per heavy atom. The van der Waals surface area contributed by atoms with Gasteiger partial charge in [0.15, 0.2) is 0 Å². The van der Waals surface area contributed by atoms with Gasteiger partial charge >= 0.3 is 6.03 Å². The van der Waals surface area contributed by atoms with Gasteiger partial charge in [-0.05, 0) is 75.0 Å². The number of primary amides is 1. The minimum absolute atomic E-state index is 0.105. The van der Waals surface area contributed by atoms with E-state index in [1.54, 1.807) is 18.2 Å². The summed E-state index contributed by atoms with van der Waals surface area (Å²) in [6.07, 6.45) is 11.6. The Morgan fingerprint density at radius 3 is 2.26 bits per heavy atom. The van der Waals surface area contributed by atoms with Crippen LogP contribution in [0.4, 0.5) is 10.5 Å². The number of hydrogen-bond donors (Lipinski definition) is 1. The number of carbonyl (C=O) groups is 4. The molecule has 4 amide bonds. The van der Waals surface area contributed by atoms with Gasteiger partial charge in [-0.15, -0.1) is 0 Å². The van der Waals surface area contributed by atoms with Crippen molar-refractivity contribution in [1.29, 1.82) is 0 Å². The number of methoxy groups -OCH3 is 1. The van der Waals surface area contributed by atoms with E-state index in [1.165, 1.54) is 31.3 Å². The number of hydrogen-bond acceptors (Lipinski definition) is 6. The summed E-state index contributed by atoms with van der Waals surface area (Å²) >= 11 is 0. The van der Waals surface area contributed by atoms with Crippen molar-refractivity contribution in [3.05, 3.63) is 23.8 Å². The smallest absolute Gasteiger partial charge is 0.319 e. The second kappa shape index (κ2) is 15.9. The van der Waals surface area contributed by atoms with E-state index in [2.05, 4.69) is 4.90 Å². The number of carbonyl (C=O) groups excluding carboxylic acids is 4. The van der Waals surface area contributed by atoms with Crippen molar-refractivity contribution in [2.75, 3.05) is 57.9 Å². The predicted molar refractivity (Wildman–Crippen MR) is 161 cm³/mol. The zero-order valence-corrected chi connectivity index (χ0v) is 25.1. The molecule has 10 heteroatoms. The molecule has 0 radical (unpaired) electrons. The summed E-state index contributed by atoms with van der Waals surface area (Å²) in [5, 5.41) is 0. The van der Waals surface area contributed by atoms with Crippen LogP contribution in [0.3, 0.4) is 0 Å². The van der Waals surface area contributed by atoms with E-state index in [0.717, 1.165) is 70.9 Å². The lowest BCUT2D eigenvalue weighted by atomic mass is 9.87. The molecule has 0 unspecified atom stereocenters. The molecule has 232 valence electrons. The Hall–Kier alpha value is -3.14. The van der Waals surface area contributed by atoms with E-state index < -0.39 is 6.03 Å². The summed E-state index contributed by atoms with van der Waals surface area (Å²) in [6.45, 7) is 4.63. The van der Waals surface area contributed by atoms with Crippen LogP contribution in [0.5, 0.6) is 5.75 Å². The number of aldehydes is 1. The van der Waals surface area contributed by atoms with E-state index in [-0.39, 0.29) is 24.8 Å². The minimum Gasteiger partial charge on any atom is -0.495 e. The fourth-order valence-electron chi connectivity index (χ4n) is 6.60. The lowest BCUT2D eigenvalue weighted by molar-refractivity contribution is -0.138. The molecule has 0 spiro atoms. The summed E-state index contributed by atoms with van der Waals surface area (Å²) in [5.41, 5.74) is 6.37. The second-order valence-electron chi connectivity index (χ2n) is 12.0. The Labute approximate surface area is 249 Å². The molecule has 10 nitrogen and oxygen atoms in total. The average Bonchev–Trinajstić information content (AvgIpc) is 3.03. The van der Waals surface area contributed by atoms with Gasteiger partial charge in [-0.3, -0.25) is 14.5 Å². The van der Waals surface area contributed by atoms with Crippen LogP contribution in [0.25, 0.3) is 0 Å². The summed E-state index contributed by atoms with van der Waals surface area (Å²) in [6, 6.07) is 4.24. The van der Waals surface area contributed by atoms with Crippen LogP contribution < -0.4 is 15.4 Å². The Morgan fingerprint density at radius 2 is 1.62 bits per heavy atom. The first-order valence-corrected chi connectivity index (χ1v) is 15.8. The number of likely N-dealkylation sites (tertiary alicyclic amines) is 2. The van der Waals surface area contributed by atoms with E-state index in [9.17, 15) is 19.2 Å². The Kier molecular flexibility index (Phi) is 12.0. The molecule has 3 aliphatic rings. The van der Waals surface area contributed by atoms with Crippen molar-refractivity contribution in [3.63, 3.8) is 0 Å². The maximum absolute atomic E-state index is 13.3. The zero-order valence-electron chi connectivity index (χ0n) is 25.1. The SMILES string of the molecule is COc1ccc(C(=O)N2CCC(COCCC3CCN(C(=O)C4CCCCC4)CC3)CC2)cc1N(CCC=O)C(N)=O. The first-order valence-electron chi connectivity index (χ1n) is 15.8. The minimum atomic E-state index is -0.712. The third-order valence-electron chi connectivity index (χ3n) is 9.26. The van der Waals surface area contributed by atoms with Gasteiger partial charge in [0.2, 0.25) is 5.91 Å². The lowest BCUT2D eigenvalue weighted by Gasteiger charge is -2.35. The molecule has 0 aromatic heterocycles. The molecule has 1 aromatic carbocycles. The number of anilines is 1. The summed E-state index contributed by atoms with van der Waals surface area (Å²) < 4.78 is 11.5. The number of nitrogens with zero attached hydrogens (tertiary/aromatic N) is 3. The van der Waals surface area contributed by atoms with Gasteiger partial charge in [-0.25, -0.2) is 4.79 Å². The number of amides is 4. The highest BCUT2D eigenvalue weighted by Crippen LogP contribution is 2.31. The number of ether oxygens (including phenoxy) is 2. The maximum Gasteiger partial charge on any atom is 0.319 e.